The fourth-order valence-corrected chi connectivity index (χ4v) is 1.98. The van der Waals surface area contributed by atoms with Crippen LogP contribution in [0, 0.1) is 6.92 Å². The highest BCUT2D eigenvalue weighted by Gasteiger charge is 2.06. The average molecular weight is 229 g/mol. The van der Waals surface area contributed by atoms with Crippen LogP contribution in [-0.2, 0) is 19.9 Å². The summed E-state index contributed by atoms with van der Waals surface area (Å²) in [6.45, 7) is 2.79. The Labute approximate surface area is 102 Å². The molecule has 0 atom stereocenters. The number of benzene rings is 1. The van der Waals surface area contributed by atoms with E-state index in [4.69, 9.17) is 5.73 Å². The summed E-state index contributed by atoms with van der Waals surface area (Å²) in [5.41, 5.74) is 9.28. The summed E-state index contributed by atoms with van der Waals surface area (Å²) in [5.74, 6) is 1.10. The van der Waals surface area contributed by atoms with Crippen LogP contribution in [-0.4, -0.2) is 16.1 Å². The molecule has 2 rings (SSSR count). The van der Waals surface area contributed by atoms with E-state index < -0.39 is 0 Å². The van der Waals surface area contributed by atoms with Gasteiger partial charge in [-0.25, -0.2) is 4.98 Å². The van der Waals surface area contributed by atoms with Crippen LogP contribution in [0.3, 0.4) is 0 Å². The molecule has 1 aromatic carbocycles. The van der Waals surface area contributed by atoms with Gasteiger partial charge in [0.25, 0.3) is 0 Å². The summed E-state index contributed by atoms with van der Waals surface area (Å²) in [7, 11) is 2.04. The number of aromatic nitrogens is 2. The van der Waals surface area contributed by atoms with Crippen LogP contribution >= 0.6 is 0 Å². The molecule has 1 heterocycles. The van der Waals surface area contributed by atoms with Crippen molar-refractivity contribution in [3.05, 3.63) is 53.1 Å². The van der Waals surface area contributed by atoms with Crippen molar-refractivity contribution in [2.45, 2.75) is 19.8 Å². The fraction of sp³-hybridized carbons (Fsp3) is 0.357. The first-order valence-electron chi connectivity index (χ1n) is 5.96. The third-order valence-electron chi connectivity index (χ3n) is 3.03. The Balaban J connectivity index is 2.21. The Morgan fingerprint density at radius 3 is 2.76 bits per heavy atom. The molecule has 0 aliphatic heterocycles. The molecule has 2 N–H and O–H groups in total. The van der Waals surface area contributed by atoms with Gasteiger partial charge in [-0.2, -0.15) is 0 Å². The van der Waals surface area contributed by atoms with Gasteiger partial charge in [0, 0.05) is 26.1 Å². The summed E-state index contributed by atoms with van der Waals surface area (Å²) >= 11 is 0. The molecule has 0 aliphatic carbocycles. The van der Waals surface area contributed by atoms with Crippen molar-refractivity contribution >= 4 is 0 Å². The topological polar surface area (TPSA) is 43.8 Å². The summed E-state index contributed by atoms with van der Waals surface area (Å²) in [5, 5.41) is 0. The predicted octanol–water partition coefficient (Wildman–Crippen LogP) is 1.82. The van der Waals surface area contributed by atoms with Crippen molar-refractivity contribution in [2.75, 3.05) is 6.54 Å². The molecule has 0 saturated heterocycles. The lowest BCUT2D eigenvalue weighted by atomic mass is 10.1. The molecule has 17 heavy (non-hydrogen) atoms. The second kappa shape index (κ2) is 5.15. The van der Waals surface area contributed by atoms with Crippen molar-refractivity contribution in [1.29, 1.82) is 0 Å². The fourth-order valence-electron chi connectivity index (χ4n) is 1.98. The van der Waals surface area contributed by atoms with E-state index in [1.54, 1.807) is 0 Å². The summed E-state index contributed by atoms with van der Waals surface area (Å²) in [4.78, 5) is 4.62. The van der Waals surface area contributed by atoms with Gasteiger partial charge in [-0.05, 0) is 24.6 Å². The molecule has 1 aromatic heterocycles. The molecule has 3 heteroatoms. The van der Waals surface area contributed by atoms with Gasteiger partial charge in [0.05, 0.1) is 5.69 Å². The number of hydrogen-bond acceptors (Lipinski definition) is 2. The molecule has 0 bridgehead atoms. The number of hydrogen-bond donors (Lipinski definition) is 1. The molecular formula is C14H19N3. The molecule has 3 nitrogen and oxygen atoms in total. The SMILES string of the molecule is Cc1ccccc1Cc1nc(CCN)cn1C. The van der Waals surface area contributed by atoms with Crippen LogP contribution in [0.1, 0.15) is 22.6 Å². The minimum atomic E-state index is 0.654. The number of nitrogens with two attached hydrogens (primary N) is 1. The molecular weight excluding hydrogens is 210 g/mol. The van der Waals surface area contributed by atoms with Crippen molar-refractivity contribution in [2.24, 2.45) is 12.8 Å². The predicted molar refractivity (Wildman–Crippen MR) is 70.0 cm³/mol. The Kier molecular flexibility index (Phi) is 3.59. The smallest absolute Gasteiger partial charge is 0.113 e. The first-order chi connectivity index (χ1) is 8.20. The van der Waals surface area contributed by atoms with Gasteiger partial charge in [0.15, 0.2) is 0 Å². The molecule has 90 valence electrons. The van der Waals surface area contributed by atoms with Crippen molar-refractivity contribution in [3.8, 4) is 0 Å². The standard InChI is InChI=1S/C14H19N3/c1-11-5-3-4-6-12(11)9-14-16-13(7-8-15)10-17(14)2/h3-6,10H,7-9,15H2,1-2H3. The molecule has 0 fully saturated rings. The Hall–Kier alpha value is -1.61. The zero-order chi connectivity index (χ0) is 12.3. The van der Waals surface area contributed by atoms with Crippen molar-refractivity contribution in [1.82, 2.24) is 9.55 Å². The maximum Gasteiger partial charge on any atom is 0.113 e. The monoisotopic (exact) mass is 229 g/mol. The van der Waals surface area contributed by atoms with Gasteiger partial charge in [-0.1, -0.05) is 24.3 Å². The second-order valence-electron chi connectivity index (χ2n) is 4.40. The molecule has 0 radical (unpaired) electrons. The molecule has 2 aromatic rings. The zero-order valence-corrected chi connectivity index (χ0v) is 10.5. The minimum absolute atomic E-state index is 0.654. The quantitative estimate of drug-likeness (QED) is 0.869. The largest absolute Gasteiger partial charge is 0.337 e. The maximum atomic E-state index is 5.55. The van der Waals surface area contributed by atoms with Gasteiger partial charge < -0.3 is 10.3 Å². The normalized spacial score (nSPS) is 10.8. The lowest BCUT2D eigenvalue weighted by Crippen LogP contribution is -2.03. The lowest BCUT2D eigenvalue weighted by molar-refractivity contribution is 0.819. The van der Waals surface area contributed by atoms with E-state index >= 15 is 0 Å². The van der Waals surface area contributed by atoms with Crippen molar-refractivity contribution < 1.29 is 0 Å². The third-order valence-corrected chi connectivity index (χ3v) is 3.03. The number of rotatable bonds is 4. The molecule has 0 aliphatic rings. The molecule has 0 unspecified atom stereocenters. The first kappa shape index (κ1) is 11.9. The van der Waals surface area contributed by atoms with Crippen LogP contribution < -0.4 is 5.73 Å². The van der Waals surface area contributed by atoms with E-state index in [2.05, 4.69) is 46.9 Å². The van der Waals surface area contributed by atoms with E-state index in [0.717, 1.165) is 24.4 Å². The maximum absolute atomic E-state index is 5.55. The van der Waals surface area contributed by atoms with E-state index in [-0.39, 0.29) is 0 Å². The highest BCUT2D eigenvalue weighted by Crippen LogP contribution is 2.13. The molecule has 0 amide bonds. The number of nitrogens with zero attached hydrogens (tertiary/aromatic N) is 2. The number of imidazole rings is 1. The molecule has 0 saturated carbocycles. The van der Waals surface area contributed by atoms with Crippen LogP contribution in [0.15, 0.2) is 30.5 Å². The minimum Gasteiger partial charge on any atom is -0.337 e. The van der Waals surface area contributed by atoms with Crippen molar-refractivity contribution in [3.63, 3.8) is 0 Å². The Bertz CT molecular complexity index is 500. The number of aryl methyl sites for hydroxylation is 2. The average Bonchev–Trinajstić information content (AvgIpc) is 2.63. The highest BCUT2D eigenvalue weighted by atomic mass is 15.0. The van der Waals surface area contributed by atoms with E-state index in [1.807, 2.05) is 7.05 Å². The van der Waals surface area contributed by atoms with Crippen LogP contribution in [0.25, 0.3) is 0 Å². The van der Waals surface area contributed by atoms with E-state index in [0.29, 0.717) is 6.54 Å². The van der Waals surface area contributed by atoms with Gasteiger partial charge in [-0.3, -0.25) is 0 Å². The van der Waals surface area contributed by atoms with Gasteiger partial charge in [0.1, 0.15) is 5.82 Å². The van der Waals surface area contributed by atoms with E-state index in [1.165, 1.54) is 11.1 Å². The molecule has 0 spiro atoms. The Morgan fingerprint density at radius 2 is 2.06 bits per heavy atom. The van der Waals surface area contributed by atoms with Crippen LogP contribution in [0.4, 0.5) is 0 Å². The first-order valence-corrected chi connectivity index (χ1v) is 5.96. The highest BCUT2D eigenvalue weighted by molar-refractivity contribution is 5.28. The summed E-state index contributed by atoms with van der Waals surface area (Å²) in [6.07, 6.45) is 3.80. The summed E-state index contributed by atoms with van der Waals surface area (Å²) < 4.78 is 2.09. The third kappa shape index (κ3) is 2.74. The van der Waals surface area contributed by atoms with E-state index in [9.17, 15) is 0 Å². The van der Waals surface area contributed by atoms with Crippen LogP contribution in [0.2, 0.25) is 0 Å². The second-order valence-corrected chi connectivity index (χ2v) is 4.40. The van der Waals surface area contributed by atoms with Gasteiger partial charge >= 0.3 is 0 Å². The van der Waals surface area contributed by atoms with Gasteiger partial charge in [0.2, 0.25) is 0 Å². The Morgan fingerprint density at radius 1 is 1.29 bits per heavy atom. The lowest BCUT2D eigenvalue weighted by Gasteiger charge is -2.05. The summed E-state index contributed by atoms with van der Waals surface area (Å²) in [6, 6.07) is 8.44. The van der Waals surface area contributed by atoms with Gasteiger partial charge in [-0.15, -0.1) is 0 Å². The van der Waals surface area contributed by atoms with Crippen LogP contribution in [0.5, 0.6) is 0 Å². The zero-order valence-electron chi connectivity index (χ0n) is 10.5.